The summed E-state index contributed by atoms with van der Waals surface area (Å²) < 4.78 is 12.5. The van der Waals surface area contributed by atoms with E-state index in [1.165, 1.54) is 37.6 Å². The number of carbonyl (C=O) groups is 2. The second-order valence-corrected chi connectivity index (χ2v) is 8.57. The third-order valence-corrected chi connectivity index (χ3v) is 6.05. The lowest BCUT2D eigenvalue weighted by molar-refractivity contribution is -0.700. The normalized spacial score (nSPS) is 11.0. The minimum absolute atomic E-state index is 0.188. The first kappa shape index (κ1) is 24.0. The first-order valence-electron chi connectivity index (χ1n) is 10.9. The number of amides is 1. The number of methoxy groups -OCH3 is 1. The van der Waals surface area contributed by atoms with Gasteiger partial charge in [-0.2, -0.15) is 5.10 Å². The predicted octanol–water partition coefficient (Wildman–Crippen LogP) is 3.68. The second-order valence-electron chi connectivity index (χ2n) is 7.60. The molecule has 1 amide bonds. The summed E-state index contributed by atoms with van der Waals surface area (Å²) in [5.41, 5.74) is 6.49. The molecule has 0 saturated carbocycles. The van der Waals surface area contributed by atoms with Crippen molar-refractivity contribution in [3.05, 3.63) is 83.9 Å². The van der Waals surface area contributed by atoms with E-state index in [9.17, 15) is 9.59 Å². The van der Waals surface area contributed by atoms with Crippen LogP contribution in [0.25, 0.3) is 11.0 Å². The maximum atomic E-state index is 12.4. The lowest BCUT2D eigenvalue weighted by Gasteiger charge is -2.08. The number of thioether (sulfide) groups is 1. The largest absolute Gasteiger partial charge is 0.493 e. The van der Waals surface area contributed by atoms with Gasteiger partial charge in [0.1, 0.15) is 6.54 Å². The summed E-state index contributed by atoms with van der Waals surface area (Å²) in [7, 11) is 1.48. The molecule has 8 nitrogen and oxygen atoms in total. The van der Waals surface area contributed by atoms with Gasteiger partial charge in [0.25, 0.3) is 5.91 Å². The molecule has 0 aliphatic heterocycles. The minimum Gasteiger partial charge on any atom is -0.493 e. The molecule has 4 aromatic rings. The first-order chi connectivity index (χ1) is 17.0. The number of hydrogen-bond donors (Lipinski definition) is 2. The molecule has 1 aromatic heterocycles. The van der Waals surface area contributed by atoms with Crippen molar-refractivity contribution in [2.75, 3.05) is 12.9 Å². The molecule has 0 bridgehead atoms. The third-order valence-electron chi connectivity index (χ3n) is 5.05. The van der Waals surface area contributed by atoms with Crippen molar-refractivity contribution in [1.29, 1.82) is 0 Å². The number of rotatable bonds is 9. The Morgan fingerprint density at radius 2 is 1.83 bits per heavy atom. The van der Waals surface area contributed by atoms with Crippen LogP contribution in [0.15, 0.2) is 83.1 Å². The molecule has 0 aliphatic carbocycles. The molecular weight excluding hydrogens is 464 g/mol. The maximum Gasteiger partial charge on any atom is 0.317 e. The Morgan fingerprint density at radius 1 is 1.06 bits per heavy atom. The number of aromatic nitrogens is 2. The molecule has 0 atom stereocenters. The van der Waals surface area contributed by atoms with Crippen LogP contribution in [-0.4, -0.2) is 35.9 Å². The van der Waals surface area contributed by atoms with Gasteiger partial charge < -0.3 is 9.47 Å². The Labute approximate surface area is 207 Å². The van der Waals surface area contributed by atoms with Gasteiger partial charge in [-0.05, 0) is 53.2 Å². The Kier molecular flexibility index (Phi) is 7.79. The molecule has 0 unspecified atom stereocenters. The van der Waals surface area contributed by atoms with E-state index in [1.807, 2.05) is 36.4 Å². The van der Waals surface area contributed by atoms with E-state index in [2.05, 4.69) is 38.3 Å². The molecule has 0 fully saturated rings. The molecule has 0 aliphatic rings. The molecule has 0 spiro atoms. The van der Waals surface area contributed by atoms with Crippen molar-refractivity contribution in [2.45, 2.75) is 18.6 Å². The highest BCUT2D eigenvalue weighted by Gasteiger charge is 2.20. The molecule has 2 N–H and O–H groups in total. The van der Waals surface area contributed by atoms with Gasteiger partial charge in [0, 0.05) is 6.92 Å². The number of hydrazone groups is 1. The van der Waals surface area contributed by atoms with E-state index >= 15 is 0 Å². The number of para-hydroxylation sites is 2. The number of aromatic amines is 1. The smallest absolute Gasteiger partial charge is 0.317 e. The van der Waals surface area contributed by atoms with Gasteiger partial charge in [0.05, 0.1) is 19.1 Å². The summed E-state index contributed by atoms with van der Waals surface area (Å²) in [6.07, 6.45) is 1.50. The first-order valence-corrected chi connectivity index (χ1v) is 11.9. The zero-order chi connectivity index (χ0) is 24.6. The highest BCUT2D eigenvalue weighted by molar-refractivity contribution is 7.99. The van der Waals surface area contributed by atoms with Crippen molar-refractivity contribution in [1.82, 2.24) is 10.4 Å². The van der Waals surface area contributed by atoms with E-state index in [0.29, 0.717) is 23.6 Å². The van der Waals surface area contributed by atoms with Crippen LogP contribution in [-0.2, 0) is 16.1 Å². The summed E-state index contributed by atoms with van der Waals surface area (Å²) >= 11 is 1.41. The zero-order valence-electron chi connectivity index (χ0n) is 19.4. The van der Waals surface area contributed by atoms with Crippen molar-refractivity contribution in [3.8, 4) is 11.5 Å². The Morgan fingerprint density at radius 3 is 2.60 bits per heavy atom. The summed E-state index contributed by atoms with van der Waals surface area (Å²) in [5, 5.41) is 4.92. The van der Waals surface area contributed by atoms with Crippen LogP contribution in [0.2, 0.25) is 0 Å². The summed E-state index contributed by atoms with van der Waals surface area (Å²) in [5.74, 6) is 0.231. The Bertz CT molecular complexity index is 1370. The van der Waals surface area contributed by atoms with Crippen LogP contribution in [0.1, 0.15) is 18.1 Å². The second kappa shape index (κ2) is 11.3. The molecular formula is C26H25N4O4S+. The fraction of sp³-hybridized carbons (Fsp3) is 0.154. The fourth-order valence-electron chi connectivity index (χ4n) is 3.49. The Hall–Kier alpha value is -4.11. The van der Waals surface area contributed by atoms with Gasteiger partial charge in [-0.15, -0.1) is 0 Å². The molecule has 178 valence electrons. The van der Waals surface area contributed by atoms with Gasteiger partial charge >= 0.3 is 11.1 Å². The van der Waals surface area contributed by atoms with Gasteiger partial charge in [0.2, 0.25) is 0 Å². The highest BCUT2D eigenvalue weighted by atomic mass is 32.2. The SMILES string of the molecule is COc1cc(C=NNC(=O)CSc2[nH]c3ccccc3[n+]2Cc2ccccc2)ccc1OC(C)=O. The van der Waals surface area contributed by atoms with Crippen LogP contribution in [0, 0.1) is 0 Å². The van der Waals surface area contributed by atoms with Crippen LogP contribution in [0.3, 0.4) is 0 Å². The van der Waals surface area contributed by atoms with E-state index in [-0.39, 0.29) is 11.7 Å². The van der Waals surface area contributed by atoms with Crippen LogP contribution >= 0.6 is 11.8 Å². The number of hydrogen-bond acceptors (Lipinski definition) is 6. The molecule has 1 heterocycles. The molecule has 4 rings (SSSR count). The van der Waals surface area contributed by atoms with E-state index < -0.39 is 5.97 Å². The number of esters is 1. The molecule has 0 radical (unpaired) electrons. The summed E-state index contributed by atoms with van der Waals surface area (Å²) in [6, 6.07) is 23.2. The highest BCUT2D eigenvalue weighted by Crippen LogP contribution is 2.27. The van der Waals surface area contributed by atoms with Crippen molar-refractivity contribution in [3.63, 3.8) is 0 Å². The standard InChI is InChI=1S/C26H24N4O4S/c1-18(31)34-23-13-12-20(14-24(23)33-2)15-27-29-25(32)17-35-26-28-21-10-6-7-11-22(21)30(26)16-19-8-4-3-5-9-19/h3-15H,16-17H2,1-2H3,(H,29,32)/p+1. The lowest BCUT2D eigenvalue weighted by Crippen LogP contribution is -2.36. The Balaban J connectivity index is 1.40. The molecule has 3 aromatic carbocycles. The number of nitrogens with one attached hydrogen (secondary N) is 2. The summed E-state index contributed by atoms with van der Waals surface area (Å²) in [6.45, 7) is 2.01. The average Bonchev–Trinajstić information content (AvgIpc) is 3.21. The van der Waals surface area contributed by atoms with Crippen LogP contribution in [0.5, 0.6) is 11.5 Å². The van der Waals surface area contributed by atoms with Crippen molar-refractivity contribution >= 4 is 40.9 Å². The topological polar surface area (TPSA) is 96.7 Å². The maximum absolute atomic E-state index is 12.4. The van der Waals surface area contributed by atoms with Crippen LogP contribution < -0.4 is 19.5 Å². The monoisotopic (exact) mass is 489 g/mol. The quantitative estimate of drug-likeness (QED) is 0.0934. The lowest BCUT2D eigenvalue weighted by atomic mass is 10.2. The van der Waals surface area contributed by atoms with Crippen LogP contribution in [0.4, 0.5) is 0 Å². The zero-order valence-corrected chi connectivity index (χ0v) is 20.2. The molecule has 0 saturated heterocycles. The number of ether oxygens (including phenoxy) is 2. The number of carbonyl (C=O) groups excluding carboxylic acids is 2. The average molecular weight is 490 g/mol. The predicted molar refractivity (Wildman–Crippen MR) is 135 cm³/mol. The van der Waals surface area contributed by atoms with E-state index in [4.69, 9.17) is 9.47 Å². The number of benzene rings is 3. The number of imidazole rings is 1. The van der Waals surface area contributed by atoms with Gasteiger partial charge in [-0.25, -0.2) is 15.0 Å². The molecule has 9 heteroatoms. The number of H-pyrrole nitrogens is 1. The van der Waals surface area contributed by atoms with Crippen molar-refractivity contribution in [2.24, 2.45) is 5.10 Å². The number of nitrogens with zero attached hydrogens (tertiary/aromatic N) is 2. The van der Waals surface area contributed by atoms with E-state index in [1.54, 1.807) is 18.2 Å². The molecule has 35 heavy (non-hydrogen) atoms. The fourth-order valence-corrected chi connectivity index (χ4v) is 4.33. The third kappa shape index (κ3) is 6.27. The number of fused-ring (bicyclic) bond motifs is 1. The summed E-state index contributed by atoms with van der Waals surface area (Å²) in [4.78, 5) is 27.0. The van der Waals surface area contributed by atoms with Crippen molar-refractivity contribution < 1.29 is 23.6 Å². The van der Waals surface area contributed by atoms with Gasteiger partial charge in [-0.3, -0.25) is 9.59 Å². The van der Waals surface area contributed by atoms with Gasteiger partial charge in [0.15, 0.2) is 22.5 Å². The van der Waals surface area contributed by atoms with E-state index in [0.717, 1.165) is 16.2 Å². The minimum atomic E-state index is -0.436. The van der Waals surface area contributed by atoms with Gasteiger partial charge in [-0.1, -0.05) is 42.5 Å².